The molecule has 0 N–H and O–H groups in total. The SMILES string of the molecule is CCCCCCCCCCCCCCCCCCCCCC(=O)OC[C@H](COC(=O)CCCCCCC)OC(=O)CCCCCCCCCCCCCCCCC(C)C. The van der Waals surface area contributed by atoms with Crippen molar-refractivity contribution in [2.75, 3.05) is 13.2 Å². The number of ether oxygens (including phenoxy) is 3. The van der Waals surface area contributed by atoms with Crippen LogP contribution in [-0.4, -0.2) is 37.2 Å². The standard InChI is InChI=1S/C53H102O6/c1-5-7-9-11-12-13-14-15-16-17-18-19-20-24-27-30-33-37-41-45-52(55)58-48-50(47-57-51(54)44-40-35-10-8-6-2)59-53(56)46-42-38-34-31-28-25-22-21-23-26-29-32-36-39-43-49(3)4/h49-50H,5-48H2,1-4H3/t50-/m0/s1. The van der Waals surface area contributed by atoms with Crippen molar-refractivity contribution in [1.29, 1.82) is 0 Å². The molecule has 0 rings (SSSR count). The normalized spacial score (nSPS) is 11.9. The van der Waals surface area contributed by atoms with Crippen molar-refractivity contribution >= 4 is 17.9 Å². The van der Waals surface area contributed by atoms with Gasteiger partial charge in [0, 0.05) is 19.3 Å². The van der Waals surface area contributed by atoms with Gasteiger partial charge in [-0.3, -0.25) is 14.4 Å². The van der Waals surface area contributed by atoms with Crippen LogP contribution < -0.4 is 0 Å². The zero-order chi connectivity index (χ0) is 43.1. The van der Waals surface area contributed by atoms with Gasteiger partial charge in [-0.2, -0.15) is 0 Å². The highest BCUT2D eigenvalue weighted by atomic mass is 16.6. The zero-order valence-electron chi connectivity index (χ0n) is 40.2. The maximum atomic E-state index is 12.7. The molecule has 0 amide bonds. The number of hydrogen-bond acceptors (Lipinski definition) is 6. The molecule has 350 valence electrons. The number of rotatable bonds is 48. The second-order valence-corrected chi connectivity index (χ2v) is 18.6. The summed E-state index contributed by atoms with van der Waals surface area (Å²) in [5.41, 5.74) is 0. The molecule has 0 aromatic rings. The van der Waals surface area contributed by atoms with Gasteiger partial charge < -0.3 is 14.2 Å². The second kappa shape index (κ2) is 47.5. The molecule has 0 aliphatic heterocycles. The van der Waals surface area contributed by atoms with Crippen molar-refractivity contribution in [3.8, 4) is 0 Å². The maximum Gasteiger partial charge on any atom is 0.306 e. The van der Waals surface area contributed by atoms with E-state index in [0.717, 1.165) is 70.1 Å². The summed E-state index contributed by atoms with van der Waals surface area (Å²) in [6.07, 6.45) is 49.9. The first kappa shape index (κ1) is 57.4. The number of carbonyl (C=O) groups excluding carboxylic acids is 3. The van der Waals surface area contributed by atoms with Gasteiger partial charge in [-0.15, -0.1) is 0 Å². The van der Waals surface area contributed by atoms with Crippen LogP contribution in [-0.2, 0) is 28.6 Å². The van der Waals surface area contributed by atoms with Crippen molar-refractivity contribution in [3.63, 3.8) is 0 Å². The van der Waals surface area contributed by atoms with E-state index in [1.54, 1.807) is 0 Å². The van der Waals surface area contributed by atoms with Crippen LogP contribution in [0, 0.1) is 5.92 Å². The monoisotopic (exact) mass is 835 g/mol. The van der Waals surface area contributed by atoms with Gasteiger partial charge >= 0.3 is 17.9 Å². The highest BCUT2D eigenvalue weighted by molar-refractivity contribution is 5.71. The minimum atomic E-state index is -0.759. The molecule has 0 fully saturated rings. The Morgan fingerprint density at radius 3 is 0.831 bits per heavy atom. The molecule has 0 unspecified atom stereocenters. The Balaban J connectivity index is 4.08. The van der Waals surface area contributed by atoms with E-state index in [4.69, 9.17) is 14.2 Å². The Kier molecular flexibility index (Phi) is 46.2. The summed E-state index contributed by atoms with van der Waals surface area (Å²) in [6.45, 7) is 8.96. The summed E-state index contributed by atoms with van der Waals surface area (Å²) in [7, 11) is 0. The number of hydrogen-bond donors (Lipinski definition) is 0. The third-order valence-corrected chi connectivity index (χ3v) is 12.0. The summed E-state index contributed by atoms with van der Waals surface area (Å²) in [4.78, 5) is 37.7. The lowest BCUT2D eigenvalue weighted by molar-refractivity contribution is -0.167. The van der Waals surface area contributed by atoms with E-state index >= 15 is 0 Å². The predicted octanol–water partition coefficient (Wildman–Crippen LogP) is 17.1. The van der Waals surface area contributed by atoms with E-state index in [1.165, 1.54) is 186 Å². The molecule has 0 spiro atoms. The topological polar surface area (TPSA) is 78.9 Å². The quantitative estimate of drug-likeness (QED) is 0.0345. The molecular formula is C53H102O6. The minimum absolute atomic E-state index is 0.0637. The van der Waals surface area contributed by atoms with E-state index < -0.39 is 6.10 Å². The van der Waals surface area contributed by atoms with Crippen LogP contribution in [0.2, 0.25) is 0 Å². The molecule has 0 aliphatic carbocycles. The van der Waals surface area contributed by atoms with Crippen LogP contribution >= 0.6 is 0 Å². The first-order chi connectivity index (χ1) is 28.9. The lowest BCUT2D eigenvalue weighted by Gasteiger charge is -2.18. The van der Waals surface area contributed by atoms with Crippen molar-refractivity contribution < 1.29 is 28.6 Å². The molecule has 1 atom stereocenters. The van der Waals surface area contributed by atoms with Crippen LogP contribution in [0.5, 0.6) is 0 Å². The molecular weight excluding hydrogens is 733 g/mol. The first-order valence-corrected chi connectivity index (χ1v) is 26.4. The van der Waals surface area contributed by atoms with Crippen LogP contribution in [0.3, 0.4) is 0 Å². The van der Waals surface area contributed by atoms with Crippen LogP contribution in [0.25, 0.3) is 0 Å². The number of carbonyl (C=O) groups is 3. The van der Waals surface area contributed by atoms with Crippen LogP contribution in [0.15, 0.2) is 0 Å². The van der Waals surface area contributed by atoms with Gasteiger partial charge in [0.05, 0.1) is 0 Å². The van der Waals surface area contributed by atoms with Gasteiger partial charge in [0.25, 0.3) is 0 Å². The van der Waals surface area contributed by atoms with Crippen LogP contribution in [0.1, 0.15) is 297 Å². The average molecular weight is 835 g/mol. The van der Waals surface area contributed by atoms with E-state index in [-0.39, 0.29) is 31.1 Å². The van der Waals surface area contributed by atoms with Gasteiger partial charge in [0.15, 0.2) is 6.10 Å². The second-order valence-electron chi connectivity index (χ2n) is 18.6. The van der Waals surface area contributed by atoms with Crippen molar-refractivity contribution in [1.82, 2.24) is 0 Å². The lowest BCUT2D eigenvalue weighted by atomic mass is 10.0. The summed E-state index contributed by atoms with van der Waals surface area (Å²) < 4.78 is 16.7. The molecule has 0 aromatic heterocycles. The fourth-order valence-electron chi connectivity index (χ4n) is 8.04. The molecule has 6 heteroatoms. The highest BCUT2D eigenvalue weighted by Crippen LogP contribution is 2.17. The van der Waals surface area contributed by atoms with Crippen molar-refractivity contribution in [3.05, 3.63) is 0 Å². The Morgan fingerprint density at radius 1 is 0.322 bits per heavy atom. The molecule has 0 aliphatic rings. The molecule has 0 bridgehead atoms. The maximum absolute atomic E-state index is 12.7. The van der Waals surface area contributed by atoms with E-state index in [1.807, 2.05) is 0 Å². The van der Waals surface area contributed by atoms with E-state index in [9.17, 15) is 14.4 Å². The van der Waals surface area contributed by atoms with E-state index in [2.05, 4.69) is 27.7 Å². The van der Waals surface area contributed by atoms with Crippen molar-refractivity contribution in [2.24, 2.45) is 5.92 Å². The molecule has 0 saturated carbocycles. The molecule has 59 heavy (non-hydrogen) atoms. The van der Waals surface area contributed by atoms with Gasteiger partial charge in [-0.25, -0.2) is 0 Å². The zero-order valence-corrected chi connectivity index (χ0v) is 40.2. The summed E-state index contributed by atoms with van der Waals surface area (Å²) in [6, 6.07) is 0. The highest BCUT2D eigenvalue weighted by Gasteiger charge is 2.19. The predicted molar refractivity (Wildman–Crippen MR) is 252 cm³/mol. The molecule has 0 radical (unpaired) electrons. The molecule has 0 aromatic carbocycles. The average Bonchev–Trinajstić information content (AvgIpc) is 3.22. The van der Waals surface area contributed by atoms with Crippen molar-refractivity contribution in [2.45, 2.75) is 303 Å². The summed E-state index contributed by atoms with van der Waals surface area (Å²) >= 11 is 0. The summed E-state index contributed by atoms with van der Waals surface area (Å²) in [5, 5.41) is 0. The van der Waals surface area contributed by atoms with Crippen LogP contribution in [0.4, 0.5) is 0 Å². The van der Waals surface area contributed by atoms with E-state index in [0.29, 0.717) is 19.3 Å². The largest absolute Gasteiger partial charge is 0.462 e. The van der Waals surface area contributed by atoms with Gasteiger partial charge in [-0.05, 0) is 25.2 Å². The fraction of sp³-hybridized carbons (Fsp3) is 0.943. The fourth-order valence-corrected chi connectivity index (χ4v) is 8.04. The Labute approximate surface area is 368 Å². The lowest BCUT2D eigenvalue weighted by Crippen LogP contribution is -2.30. The van der Waals surface area contributed by atoms with Gasteiger partial charge in [0.1, 0.15) is 13.2 Å². The Morgan fingerprint density at radius 2 is 0.559 bits per heavy atom. The van der Waals surface area contributed by atoms with Gasteiger partial charge in [0.2, 0.25) is 0 Å². The number of unbranched alkanes of at least 4 members (excludes halogenated alkanes) is 35. The minimum Gasteiger partial charge on any atom is -0.462 e. The smallest absolute Gasteiger partial charge is 0.306 e. The third kappa shape index (κ3) is 47.3. The Hall–Kier alpha value is -1.59. The Bertz CT molecular complexity index is 887. The third-order valence-electron chi connectivity index (χ3n) is 12.0. The number of esters is 3. The summed E-state index contributed by atoms with van der Waals surface area (Å²) in [5.74, 6) is -0.0149. The molecule has 6 nitrogen and oxygen atoms in total. The van der Waals surface area contributed by atoms with Gasteiger partial charge in [-0.1, -0.05) is 259 Å². The molecule has 0 heterocycles. The molecule has 0 saturated heterocycles. The first-order valence-electron chi connectivity index (χ1n) is 26.4.